The summed E-state index contributed by atoms with van der Waals surface area (Å²) in [6, 6.07) is 26.6. The molecule has 4 aromatic rings. The largest absolute Gasteiger partial charge is 0.465 e. The van der Waals surface area contributed by atoms with Gasteiger partial charge in [0.2, 0.25) is 0 Å². The third-order valence-corrected chi connectivity index (χ3v) is 6.17. The fourth-order valence-corrected chi connectivity index (χ4v) is 4.67. The average Bonchev–Trinajstić information content (AvgIpc) is 2.87. The molecule has 35 heavy (non-hydrogen) atoms. The number of rotatable bonds is 9. The summed E-state index contributed by atoms with van der Waals surface area (Å²) in [4.78, 5) is 39.9. The van der Waals surface area contributed by atoms with E-state index in [1.807, 2.05) is 54.6 Å². The van der Waals surface area contributed by atoms with Gasteiger partial charge in [-0.1, -0.05) is 78.9 Å². The van der Waals surface area contributed by atoms with Crippen LogP contribution in [0.1, 0.15) is 42.1 Å². The molecule has 0 fully saturated rings. The zero-order chi connectivity index (χ0) is 24.8. The first kappa shape index (κ1) is 24.1. The maximum absolute atomic E-state index is 13.5. The highest BCUT2D eigenvalue weighted by molar-refractivity contribution is 6.06. The molecular formula is C30H28O5. The molecule has 0 radical (unpaired) electrons. The van der Waals surface area contributed by atoms with Gasteiger partial charge in [0.15, 0.2) is 11.7 Å². The molecule has 4 aromatic carbocycles. The van der Waals surface area contributed by atoms with Crippen molar-refractivity contribution in [1.29, 1.82) is 0 Å². The Morgan fingerprint density at radius 1 is 0.686 bits per heavy atom. The van der Waals surface area contributed by atoms with Crippen molar-refractivity contribution in [1.82, 2.24) is 0 Å². The zero-order valence-electron chi connectivity index (χ0n) is 19.9. The molecule has 1 atom stereocenters. The number of carbonyl (C=O) groups is 3. The van der Waals surface area contributed by atoms with Gasteiger partial charge in [-0.25, -0.2) is 0 Å². The third-order valence-electron chi connectivity index (χ3n) is 6.17. The van der Waals surface area contributed by atoms with Crippen LogP contribution in [-0.2, 0) is 19.1 Å². The van der Waals surface area contributed by atoms with Gasteiger partial charge in [-0.15, -0.1) is 0 Å². The van der Waals surface area contributed by atoms with E-state index in [9.17, 15) is 14.4 Å². The number of hydrogen-bond acceptors (Lipinski definition) is 5. The lowest BCUT2D eigenvalue weighted by atomic mass is 9.77. The van der Waals surface area contributed by atoms with Gasteiger partial charge < -0.3 is 9.47 Å². The van der Waals surface area contributed by atoms with Gasteiger partial charge in [0, 0.05) is 17.9 Å². The molecular weight excluding hydrogens is 440 g/mol. The molecule has 5 nitrogen and oxygen atoms in total. The Morgan fingerprint density at radius 2 is 1.17 bits per heavy atom. The van der Waals surface area contributed by atoms with Gasteiger partial charge >= 0.3 is 11.9 Å². The number of Topliss-reactive ketones (excluding diaryl/α,β-unsaturated/α-hetero) is 1. The summed E-state index contributed by atoms with van der Waals surface area (Å²) in [7, 11) is 0. The van der Waals surface area contributed by atoms with E-state index < -0.39 is 23.8 Å². The smallest absolute Gasteiger partial charge is 0.320 e. The summed E-state index contributed by atoms with van der Waals surface area (Å²) >= 11 is 0. The van der Waals surface area contributed by atoms with Crippen molar-refractivity contribution >= 4 is 39.3 Å². The first-order valence-electron chi connectivity index (χ1n) is 11.9. The summed E-state index contributed by atoms with van der Waals surface area (Å²) in [5, 5.41) is 3.70. The molecule has 0 N–H and O–H groups in total. The minimum absolute atomic E-state index is 0.0513. The van der Waals surface area contributed by atoms with Crippen molar-refractivity contribution < 1.29 is 23.9 Å². The number of carbonyl (C=O) groups excluding carboxylic acids is 3. The van der Waals surface area contributed by atoms with E-state index in [1.54, 1.807) is 38.1 Å². The van der Waals surface area contributed by atoms with Crippen LogP contribution < -0.4 is 0 Å². The van der Waals surface area contributed by atoms with Crippen LogP contribution >= 0.6 is 0 Å². The van der Waals surface area contributed by atoms with E-state index in [0.29, 0.717) is 5.56 Å². The highest BCUT2D eigenvalue weighted by Crippen LogP contribution is 2.40. The van der Waals surface area contributed by atoms with Crippen molar-refractivity contribution in [2.75, 3.05) is 13.2 Å². The van der Waals surface area contributed by atoms with Crippen molar-refractivity contribution in [3.8, 4) is 0 Å². The van der Waals surface area contributed by atoms with Crippen LogP contribution in [0.25, 0.3) is 21.5 Å². The monoisotopic (exact) mass is 468 g/mol. The van der Waals surface area contributed by atoms with Crippen LogP contribution in [0, 0.1) is 5.92 Å². The second-order valence-electron chi connectivity index (χ2n) is 8.31. The van der Waals surface area contributed by atoms with Crippen LogP contribution in [-0.4, -0.2) is 30.9 Å². The van der Waals surface area contributed by atoms with E-state index in [0.717, 1.165) is 27.1 Å². The van der Waals surface area contributed by atoms with Crippen LogP contribution in [0.4, 0.5) is 0 Å². The number of ketones is 1. The number of benzene rings is 4. The van der Waals surface area contributed by atoms with Gasteiger partial charge in [0.25, 0.3) is 0 Å². The Kier molecular flexibility index (Phi) is 7.56. The lowest BCUT2D eigenvalue weighted by Crippen LogP contribution is -2.34. The van der Waals surface area contributed by atoms with Crippen molar-refractivity contribution in [2.45, 2.75) is 26.2 Å². The molecule has 0 heterocycles. The SMILES string of the molecule is CCOC(=O)C(C(=O)OCC)C(CC(=O)c1ccccc1)c1c2ccccc2cc2ccccc12. The maximum atomic E-state index is 13.5. The number of fused-ring (bicyclic) bond motifs is 2. The van der Waals surface area contributed by atoms with Crippen LogP contribution in [0.2, 0.25) is 0 Å². The standard InChI is InChI=1S/C30H28O5/c1-3-34-29(32)28(30(33)35-4-2)25(19-26(31)20-12-6-5-7-13-20)27-23-16-10-8-14-21(23)18-22-15-9-11-17-24(22)27/h5-18,25,28H,3-4,19H2,1-2H3. The molecule has 0 aliphatic heterocycles. The highest BCUT2D eigenvalue weighted by atomic mass is 16.6. The molecule has 0 saturated heterocycles. The molecule has 0 amide bonds. The zero-order valence-corrected chi connectivity index (χ0v) is 19.9. The lowest BCUT2D eigenvalue weighted by Gasteiger charge is -2.27. The summed E-state index contributed by atoms with van der Waals surface area (Å²) in [5.41, 5.74) is 1.29. The minimum atomic E-state index is -1.28. The van der Waals surface area contributed by atoms with Gasteiger partial charge in [0.05, 0.1) is 13.2 Å². The quantitative estimate of drug-likeness (QED) is 0.129. The molecule has 178 valence electrons. The lowest BCUT2D eigenvalue weighted by molar-refractivity contribution is -0.162. The molecule has 0 aliphatic rings. The Hall–Kier alpha value is -3.99. The molecule has 0 saturated carbocycles. The molecule has 0 aliphatic carbocycles. The second-order valence-corrected chi connectivity index (χ2v) is 8.31. The van der Waals surface area contributed by atoms with Crippen molar-refractivity contribution in [2.24, 2.45) is 5.92 Å². The predicted molar refractivity (Wildman–Crippen MR) is 136 cm³/mol. The van der Waals surface area contributed by atoms with E-state index >= 15 is 0 Å². The summed E-state index contributed by atoms with van der Waals surface area (Å²) in [5.74, 6) is -3.59. The van der Waals surface area contributed by atoms with Gasteiger partial charge in [-0.2, -0.15) is 0 Å². The Morgan fingerprint density at radius 3 is 1.69 bits per heavy atom. The summed E-state index contributed by atoms with van der Waals surface area (Å²) in [6.45, 7) is 3.61. The van der Waals surface area contributed by atoms with Crippen LogP contribution in [0.15, 0.2) is 84.9 Å². The van der Waals surface area contributed by atoms with Gasteiger partial charge in [0.1, 0.15) is 0 Å². The Labute approximate surface area is 204 Å². The summed E-state index contributed by atoms with van der Waals surface area (Å²) in [6.07, 6.45) is -0.0513. The van der Waals surface area contributed by atoms with Crippen LogP contribution in [0.5, 0.6) is 0 Å². The van der Waals surface area contributed by atoms with E-state index in [-0.39, 0.29) is 25.4 Å². The topological polar surface area (TPSA) is 69.7 Å². The van der Waals surface area contributed by atoms with Gasteiger partial charge in [-0.05, 0) is 47.0 Å². The summed E-state index contributed by atoms with van der Waals surface area (Å²) < 4.78 is 10.7. The minimum Gasteiger partial charge on any atom is -0.465 e. The normalized spacial score (nSPS) is 12.0. The number of ether oxygens (including phenoxy) is 2. The molecule has 0 spiro atoms. The molecule has 5 heteroatoms. The molecule has 0 aromatic heterocycles. The fourth-order valence-electron chi connectivity index (χ4n) is 4.67. The van der Waals surface area contributed by atoms with Crippen molar-refractivity contribution in [3.63, 3.8) is 0 Å². The fraction of sp³-hybridized carbons (Fsp3) is 0.233. The van der Waals surface area contributed by atoms with Crippen LogP contribution in [0.3, 0.4) is 0 Å². The Bertz CT molecular complexity index is 1290. The number of hydrogen-bond donors (Lipinski definition) is 0. The van der Waals surface area contributed by atoms with Crippen molar-refractivity contribution in [3.05, 3.63) is 96.1 Å². The maximum Gasteiger partial charge on any atom is 0.320 e. The third kappa shape index (κ3) is 5.09. The van der Waals surface area contributed by atoms with E-state index in [2.05, 4.69) is 6.07 Å². The Balaban J connectivity index is 1.98. The predicted octanol–water partition coefficient (Wildman–Crippen LogP) is 6.09. The first-order valence-corrected chi connectivity index (χ1v) is 11.9. The molecule has 0 bridgehead atoms. The molecule has 1 unspecified atom stereocenters. The van der Waals surface area contributed by atoms with Gasteiger partial charge in [-0.3, -0.25) is 14.4 Å². The highest BCUT2D eigenvalue weighted by Gasteiger charge is 2.41. The second kappa shape index (κ2) is 11.0. The first-order chi connectivity index (χ1) is 17.0. The molecule has 4 rings (SSSR count). The van der Waals surface area contributed by atoms with E-state index in [4.69, 9.17) is 9.47 Å². The average molecular weight is 469 g/mol. The van der Waals surface area contributed by atoms with E-state index in [1.165, 1.54) is 0 Å². The number of esters is 2.